The summed E-state index contributed by atoms with van der Waals surface area (Å²) in [4.78, 5) is 23.4. The van der Waals surface area contributed by atoms with E-state index in [0.717, 1.165) is 5.56 Å². The van der Waals surface area contributed by atoms with Crippen LogP contribution in [0.1, 0.15) is 5.56 Å². The van der Waals surface area contributed by atoms with Crippen molar-refractivity contribution in [2.24, 2.45) is 0 Å². The van der Waals surface area contributed by atoms with Crippen molar-refractivity contribution in [2.45, 2.75) is 6.92 Å². The van der Waals surface area contributed by atoms with Crippen LogP contribution < -0.4 is 16.0 Å². The number of rotatable bonds is 2. The Bertz CT molecular complexity index is 702. The number of amides is 4. The van der Waals surface area contributed by atoms with Gasteiger partial charge in [-0.1, -0.05) is 40.9 Å². The Kier molecular flexibility index (Phi) is 5.25. The van der Waals surface area contributed by atoms with Crippen LogP contribution in [0.25, 0.3) is 0 Å². The number of halogens is 2. The number of hydrogen-bond donors (Lipinski definition) is 3. The Balaban J connectivity index is 1.89. The second kappa shape index (κ2) is 7.15. The van der Waals surface area contributed by atoms with Crippen LogP contribution in [0.2, 0.25) is 10.0 Å². The zero-order valence-electron chi connectivity index (χ0n) is 11.6. The summed E-state index contributed by atoms with van der Waals surface area (Å²) in [7, 11) is 0. The number of anilines is 2. The lowest BCUT2D eigenvalue weighted by Crippen LogP contribution is -2.37. The second-order valence-electron chi connectivity index (χ2n) is 4.53. The van der Waals surface area contributed by atoms with Crippen LogP contribution in [0.3, 0.4) is 0 Å². The van der Waals surface area contributed by atoms with Gasteiger partial charge in [-0.05, 0) is 37.3 Å². The number of hydrogen-bond acceptors (Lipinski definition) is 2. The van der Waals surface area contributed by atoms with E-state index in [0.29, 0.717) is 21.4 Å². The van der Waals surface area contributed by atoms with E-state index in [1.54, 1.807) is 24.3 Å². The van der Waals surface area contributed by atoms with E-state index in [-0.39, 0.29) is 0 Å². The largest absolute Gasteiger partial charge is 0.327 e. The Labute approximate surface area is 137 Å². The van der Waals surface area contributed by atoms with Gasteiger partial charge in [0.05, 0.1) is 10.0 Å². The van der Waals surface area contributed by atoms with Crippen LogP contribution >= 0.6 is 23.2 Å². The molecule has 2 rings (SSSR count). The fourth-order valence-electron chi connectivity index (χ4n) is 1.64. The molecule has 0 aliphatic carbocycles. The van der Waals surface area contributed by atoms with Gasteiger partial charge in [-0.3, -0.25) is 5.32 Å². The molecule has 0 aliphatic heterocycles. The van der Waals surface area contributed by atoms with Crippen LogP contribution in [-0.2, 0) is 0 Å². The summed E-state index contributed by atoms with van der Waals surface area (Å²) >= 11 is 11.6. The maximum absolute atomic E-state index is 11.7. The molecule has 2 aromatic rings. The molecule has 0 saturated heterocycles. The number of urea groups is 2. The first-order chi connectivity index (χ1) is 10.4. The van der Waals surface area contributed by atoms with Gasteiger partial charge >= 0.3 is 12.1 Å². The van der Waals surface area contributed by atoms with E-state index in [1.165, 1.54) is 6.07 Å². The van der Waals surface area contributed by atoms with Crippen molar-refractivity contribution in [3.8, 4) is 0 Å². The van der Waals surface area contributed by atoms with Crippen LogP contribution in [-0.4, -0.2) is 12.1 Å². The predicted molar refractivity (Wildman–Crippen MR) is 88.8 cm³/mol. The SMILES string of the molecule is Cc1ccc(NC(=O)NC(=O)Nc2ccc(Cl)c(Cl)c2)cc1. The van der Waals surface area contributed by atoms with Crippen molar-refractivity contribution in [3.63, 3.8) is 0 Å². The first kappa shape index (κ1) is 16.1. The van der Waals surface area contributed by atoms with Gasteiger partial charge < -0.3 is 10.6 Å². The maximum Gasteiger partial charge on any atom is 0.327 e. The van der Waals surface area contributed by atoms with E-state index in [4.69, 9.17) is 23.2 Å². The van der Waals surface area contributed by atoms with Crippen LogP contribution in [0.5, 0.6) is 0 Å². The molecule has 0 heterocycles. The Morgan fingerprint density at radius 1 is 0.818 bits per heavy atom. The average molecular weight is 338 g/mol. The molecule has 2 aromatic carbocycles. The number of benzene rings is 2. The zero-order valence-corrected chi connectivity index (χ0v) is 13.1. The second-order valence-corrected chi connectivity index (χ2v) is 5.34. The number of carbonyl (C=O) groups is 2. The molecule has 0 fully saturated rings. The third-order valence-corrected chi connectivity index (χ3v) is 3.45. The molecule has 22 heavy (non-hydrogen) atoms. The third kappa shape index (κ3) is 4.65. The van der Waals surface area contributed by atoms with Gasteiger partial charge in [-0.2, -0.15) is 0 Å². The highest BCUT2D eigenvalue weighted by Gasteiger charge is 2.09. The van der Waals surface area contributed by atoms with E-state index in [2.05, 4.69) is 16.0 Å². The molecular weight excluding hydrogens is 325 g/mol. The van der Waals surface area contributed by atoms with Gasteiger partial charge in [-0.15, -0.1) is 0 Å². The fraction of sp³-hybridized carbons (Fsp3) is 0.0667. The molecule has 0 saturated carbocycles. The van der Waals surface area contributed by atoms with Crippen molar-refractivity contribution in [2.75, 3.05) is 10.6 Å². The van der Waals surface area contributed by atoms with E-state index in [1.807, 2.05) is 19.1 Å². The predicted octanol–water partition coefficient (Wildman–Crippen LogP) is 4.66. The number of carbonyl (C=O) groups excluding carboxylic acids is 2. The van der Waals surface area contributed by atoms with Gasteiger partial charge in [0.25, 0.3) is 0 Å². The molecule has 0 unspecified atom stereocenters. The molecule has 114 valence electrons. The summed E-state index contributed by atoms with van der Waals surface area (Å²) in [6.45, 7) is 1.94. The topological polar surface area (TPSA) is 70.2 Å². The summed E-state index contributed by atoms with van der Waals surface area (Å²) in [6, 6.07) is 10.5. The first-order valence-electron chi connectivity index (χ1n) is 6.35. The molecule has 0 atom stereocenters. The Hall–Kier alpha value is -2.24. The van der Waals surface area contributed by atoms with Crippen molar-refractivity contribution < 1.29 is 9.59 Å². The number of imide groups is 1. The molecule has 7 heteroatoms. The van der Waals surface area contributed by atoms with Gasteiger partial charge in [-0.25, -0.2) is 9.59 Å². The molecule has 0 radical (unpaired) electrons. The monoisotopic (exact) mass is 337 g/mol. The van der Waals surface area contributed by atoms with Crippen LogP contribution in [0.4, 0.5) is 21.0 Å². The lowest BCUT2D eigenvalue weighted by molar-refractivity contribution is 0.240. The smallest absolute Gasteiger partial charge is 0.308 e. The summed E-state index contributed by atoms with van der Waals surface area (Å²) in [6.07, 6.45) is 0. The summed E-state index contributed by atoms with van der Waals surface area (Å²) in [5.41, 5.74) is 2.09. The fourth-order valence-corrected chi connectivity index (χ4v) is 1.94. The minimum absolute atomic E-state index is 0.309. The lowest BCUT2D eigenvalue weighted by Gasteiger charge is -2.09. The molecule has 0 bridgehead atoms. The zero-order chi connectivity index (χ0) is 16.1. The summed E-state index contributed by atoms with van der Waals surface area (Å²) < 4.78 is 0. The highest BCUT2D eigenvalue weighted by atomic mass is 35.5. The Morgan fingerprint density at radius 2 is 1.36 bits per heavy atom. The van der Waals surface area contributed by atoms with E-state index in [9.17, 15) is 9.59 Å². The van der Waals surface area contributed by atoms with Crippen molar-refractivity contribution in [3.05, 3.63) is 58.1 Å². The normalized spacial score (nSPS) is 9.95. The molecule has 0 aliphatic rings. The van der Waals surface area contributed by atoms with E-state index >= 15 is 0 Å². The lowest BCUT2D eigenvalue weighted by atomic mass is 10.2. The molecule has 0 aromatic heterocycles. The minimum atomic E-state index is -0.678. The van der Waals surface area contributed by atoms with Crippen molar-refractivity contribution >= 4 is 46.6 Å². The van der Waals surface area contributed by atoms with Gasteiger partial charge in [0.2, 0.25) is 0 Å². The van der Waals surface area contributed by atoms with Crippen LogP contribution in [0, 0.1) is 6.92 Å². The van der Waals surface area contributed by atoms with Crippen molar-refractivity contribution in [1.29, 1.82) is 0 Å². The maximum atomic E-state index is 11.7. The number of aryl methyl sites for hydroxylation is 1. The summed E-state index contributed by atoms with van der Waals surface area (Å²) in [5.74, 6) is 0. The molecule has 0 spiro atoms. The van der Waals surface area contributed by atoms with E-state index < -0.39 is 12.1 Å². The Morgan fingerprint density at radius 3 is 1.95 bits per heavy atom. The molecule has 5 nitrogen and oxygen atoms in total. The molecule has 3 N–H and O–H groups in total. The van der Waals surface area contributed by atoms with Crippen molar-refractivity contribution in [1.82, 2.24) is 5.32 Å². The average Bonchev–Trinajstić information content (AvgIpc) is 2.45. The highest BCUT2D eigenvalue weighted by Crippen LogP contribution is 2.24. The molecular formula is C15H13Cl2N3O2. The minimum Gasteiger partial charge on any atom is -0.308 e. The van der Waals surface area contributed by atoms with Gasteiger partial charge in [0.15, 0.2) is 0 Å². The highest BCUT2D eigenvalue weighted by molar-refractivity contribution is 6.42. The quantitative estimate of drug-likeness (QED) is 0.746. The van der Waals surface area contributed by atoms with Gasteiger partial charge in [0.1, 0.15) is 0 Å². The van der Waals surface area contributed by atoms with Crippen LogP contribution in [0.15, 0.2) is 42.5 Å². The molecule has 4 amide bonds. The first-order valence-corrected chi connectivity index (χ1v) is 7.10. The number of nitrogens with one attached hydrogen (secondary N) is 3. The summed E-state index contributed by atoms with van der Waals surface area (Å²) in [5, 5.41) is 7.87. The van der Waals surface area contributed by atoms with Gasteiger partial charge in [0, 0.05) is 11.4 Å². The third-order valence-electron chi connectivity index (χ3n) is 2.71. The standard InChI is InChI=1S/C15H13Cl2N3O2/c1-9-2-4-10(5-3-9)18-14(21)20-15(22)19-11-6-7-12(16)13(17)8-11/h2-8H,1H3,(H3,18,19,20,21,22).